The molecule has 0 saturated heterocycles. The fourth-order valence-electron chi connectivity index (χ4n) is 2.97. The monoisotopic (exact) mass is 440 g/mol. The summed E-state index contributed by atoms with van der Waals surface area (Å²) in [5, 5.41) is 3.02. The Bertz CT molecular complexity index is 1040. The van der Waals surface area contributed by atoms with Crippen LogP contribution in [0.2, 0.25) is 5.02 Å². The van der Waals surface area contributed by atoms with E-state index in [0.29, 0.717) is 0 Å². The molecule has 0 amide bonds. The Hall–Kier alpha value is -1.92. The van der Waals surface area contributed by atoms with E-state index < -0.39 is 0 Å². The van der Waals surface area contributed by atoms with Gasteiger partial charge in [0.15, 0.2) is 0 Å². The van der Waals surface area contributed by atoms with Gasteiger partial charge in [-0.2, -0.15) is 0 Å². The zero-order valence-corrected chi connectivity index (χ0v) is 18.1. The highest BCUT2D eigenvalue weighted by Gasteiger charge is 2.19. The van der Waals surface area contributed by atoms with Crippen molar-refractivity contribution in [1.82, 2.24) is 9.55 Å². The van der Waals surface area contributed by atoms with Gasteiger partial charge in [0.25, 0.3) is 0 Å². The summed E-state index contributed by atoms with van der Waals surface area (Å²) >= 11 is 15.4. The molecular weight excluding hydrogens is 424 g/mol. The van der Waals surface area contributed by atoms with Crippen molar-refractivity contribution in [1.29, 1.82) is 0 Å². The molecule has 2 nitrogen and oxygen atoms in total. The van der Waals surface area contributed by atoms with E-state index >= 15 is 0 Å². The molecule has 0 bridgehead atoms. The lowest BCUT2D eigenvalue weighted by Gasteiger charge is -2.18. The van der Waals surface area contributed by atoms with E-state index in [9.17, 15) is 0 Å². The third-order valence-corrected chi connectivity index (χ3v) is 7.42. The number of nitrogens with zero attached hydrogens (tertiary/aromatic N) is 2. The molecule has 0 radical (unpaired) electrons. The second kappa shape index (κ2) is 9.05. The Morgan fingerprint density at radius 3 is 2.61 bits per heavy atom. The van der Waals surface area contributed by atoms with Crippen molar-refractivity contribution < 1.29 is 0 Å². The van der Waals surface area contributed by atoms with Gasteiger partial charge in [-0.3, -0.25) is 0 Å². The number of thioether (sulfide) groups is 1. The summed E-state index contributed by atoms with van der Waals surface area (Å²) in [6, 6.07) is 20.6. The lowest BCUT2D eigenvalue weighted by atomic mass is 10.1. The quantitative estimate of drug-likeness (QED) is 0.297. The average molecular weight is 441 g/mol. The fraction of sp³-hybridized carbons (Fsp3) is 0.0909. The molecule has 1 unspecified atom stereocenters. The Morgan fingerprint density at radius 1 is 1.11 bits per heavy atom. The minimum Gasteiger partial charge on any atom is -0.336 e. The maximum absolute atomic E-state index is 6.09. The molecule has 0 aliphatic heterocycles. The minimum absolute atomic E-state index is 0.171. The molecule has 0 N–H and O–H groups in total. The summed E-state index contributed by atoms with van der Waals surface area (Å²) in [7, 11) is 0. The topological polar surface area (TPSA) is 17.8 Å². The predicted molar refractivity (Wildman–Crippen MR) is 125 cm³/mol. The van der Waals surface area contributed by atoms with Crippen LogP contribution in [0.25, 0.3) is 11.1 Å². The molecule has 2 aromatic carbocycles. The van der Waals surface area contributed by atoms with Gasteiger partial charge in [-0.1, -0.05) is 66.3 Å². The van der Waals surface area contributed by atoms with Crippen molar-refractivity contribution in [3.8, 4) is 11.1 Å². The number of hydrogen-bond acceptors (Lipinski definition) is 4. The van der Waals surface area contributed by atoms with E-state index in [1.165, 1.54) is 16.7 Å². The number of hydrogen-bond donors (Lipinski definition) is 0. The third kappa shape index (κ3) is 4.55. The molecule has 2 heterocycles. The van der Waals surface area contributed by atoms with Crippen molar-refractivity contribution in [2.45, 2.75) is 11.8 Å². The maximum atomic E-state index is 6.09. The van der Waals surface area contributed by atoms with E-state index in [-0.39, 0.29) is 5.25 Å². The molecule has 28 heavy (non-hydrogen) atoms. The van der Waals surface area contributed by atoms with Crippen LogP contribution in [-0.4, -0.2) is 13.7 Å². The normalized spacial score (nSPS) is 12.0. The van der Waals surface area contributed by atoms with Crippen LogP contribution in [0.15, 0.2) is 84.8 Å². The van der Waals surface area contributed by atoms with Crippen molar-refractivity contribution in [3.05, 3.63) is 100 Å². The first-order chi connectivity index (χ1) is 13.7. The second-order valence-corrected chi connectivity index (χ2v) is 9.47. The highest BCUT2D eigenvalue weighted by molar-refractivity contribution is 8.24. The van der Waals surface area contributed by atoms with Crippen LogP contribution < -0.4 is 0 Å². The molecular formula is C22H17ClN2S3. The summed E-state index contributed by atoms with van der Waals surface area (Å²) < 4.78 is 3.00. The van der Waals surface area contributed by atoms with Crippen LogP contribution in [-0.2, 0) is 6.54 Å². The van der Waals surface area contributed by atoms with Gasteiger partial charge in [-0.25, -0.2) is 4.98 Å². The molecule has 0 aliphatic carbocycles. The Balaban J connectivity index is 1.61. The standard InChI is InChI=1S/C22H17ClN2S3/c23-18-8-6-17(7-9-18)20(14-25-12-11-24-15-25)28-22(26)21-19(10-13-27-21)16-4-2-1-3-5-16/h1-13,15,20H,14H2. The van der Waals surface area contributed by atoms with Gasteiger partial charge in [-0.15, -0.1) is 23.1 Å². The highest BCUT2D eigenvalue weighted by Crippen LogP contribution is 2.38. The smallest absolute Gasteiger partial charge is 0.0946 e. The molecule has 0 spiro atoms. The van der Waals surface area contributed by atoms with Crippen LogP contribution in [0, 0.1) is 0 Å². The average Bonchev–Trinajstić information content (AvgIpc) is 3.41. The molecule has 0 fully saturated rings. The van der Waals surface area contributed by atoms with E-state index in [4.69, 9.17) is 23.8 Å². The van der Waals surface area contributed by atoms with Crippen LogP contribution in [0.4, 0.5) is 0 Å². The first kappa shape index (κ1) is 19.4. The maximum Gasteiger partial charge on any atom is 0.0946 e. The molecule has 4 rings (SSSR count). The number of thiophene rings is 1. The van der Waals surface area contributed by atoms with E-state index in [1.54, 1.807) is 29.3 Å². The molecule has 0 aliphatic rings. The fourth-order valence-corrected chi connectivity index (χ4v) is 5.75. The molecule has 6 heteroatoms. The zero-order chi connectivity index (χ0) is 19.3. The second-order valence-electron chi connectivity index (χ2n) is 6.23. The van der Waals surface area contributed by atoms with Gasteiger partial charge in [0.05, 0.1) is 20.7 Å². The molecule has 140 valence electrons. The number of thiocarbonyl (C=S) groups is 1. The minimum atomic E-state index is 0.171. The van der Waals surface area contributed by atoms with E-state index in [0.717, 1.165) is 20.6 Å². The largest absolute Gasteiger partial charge is 0.336 e. The summed E-state index contributed by atoms with van der Waals surface area (Å²) in [6.07, 6.45) is 5.62. The van der Waals surface area contributed by atoms with Crippen molar-refractivity contribution in [2.24, 2.45) is 0 Å². The van der Waals surface area contributed by atoms with Gasteiger partial charge in [-0.05, 0) is 34.7 Å². The summed E-state index contributed by atoms with van der Waals surface area (Å²) in [5.74, 6) is 0. The number of halogens is 1. The van der Waals surface area contributed by atoms with Gasteiger partial charge >= 0.3 is 0 Å². The van der Waals surface area contributed by atoms with Crippen LogP contribution in [0.3, 0.4) is 0 Å². The van der Waals surface area contributed by atoms with Gasteiger partial charge < -0.3 is 4.57 Å². The van der Waals surface area contributed by atoms with E-state index in [2.05, 4.69) is 57.4 Å². The predicted octanol–water partition coefficient (Wildman–Crippen LogP) is 7.12. The Labute approximate surface area is 183 Å². The van der Waals surface area contributed by atoms with Crippen molar-refractivity contribution in [2.75, 3.05) is 0 Å². The summed E-state index contributed by atoms with van der Waals surface area (Å²) in [6.45, 7) is 0.790. The SMILES string of the molecule is S=C(SC(Cn1ccnc1)c1ccc(Cl)cc1)c1sccc1-c1ccccc1. The van der Waals surface area contributed by atoms with Crippen molar-refractivity contribution in [3.63, 3.8) is 0 Å². The Kier molecular flexibility index (Phi) is 6.27. The number of benzene rings is 2. The molecule has 0 saturated carbocycles. The molecule has 1 atom stereocenters. The van der Waals surface area contributed by atoms with Crippen LogP contribution >= 0.6 is 46.9 Å². The van der Waals surface area contributed by atoms with Crippen molar-refractivity contribution >= 4 is 51.1 Å². The van der Waals surface area contributed by atoms with Crippen LogP contribution in [0.1, 0.15) is 15.7 Å². The summed E-state index contributed by atoms with van der Waals surface area (Å²) in [5.41, 5.74) is 3.59. The zero-order valence-electron chi connectivity index (χ0n) is 14.9. The number of imidazole rings is 1. The lowest BCUT2D eigenvalue weighted by Crippen LogP contribution is -2.07. The van der Waals surface area contributed by atoms with E-state index in [1.807, 2.05) is 30.7 Å². The number of aromatic nitrogens is 2. The molecule has 2 aromatic heterocycles. The van der Waals surface area contributed by atoms with Gasteiger partial charge in [0.1, 0.15) is 0 Å². The Morgan fingerprint density at radius 2 is 1.89 bits per heavy atom. The number of rotatable bonds is 6. The highest BCUT2D eigenvalue weighted by atomic mass is 35.5. The van der Waals surface area contributed by atoms with Gasteiger partial charge in [0.2, 0.25) is 0 Å². The summed E-state index contributed by atoms with van der Waals surface area (Å²) in [4.78, 5) is 5.32. The van der Waals surface area contributed by atoms with Gasteiger partial charge in [0, 0.05) is 29.5 Å². The third-order valence-electron chi connectivity index (χ3n) is 4.36. The van der Waals surface area contributed by atoms with Crippen LogP contribution in [0.5, 0.6) is 0 Å². The first-order valence-corrected chi connectivity index (χ1v) is 11.3. The lowest BCUT2D eigenvalue weighted by molar-refractivity contribution is 0.685. The molecule has 4 aromatic rings. The first-order valence-electron chi connectivity index (χ1n) is 8.76.